The molecule has 0 saturated heterocycles. The first-order chi connectivity index (χ1) is 11.3. The van der Waals surface area contributed by atoms with E-state index in [9.17, 15) is 0 Å². The van der Waals surface area contributed by atoms with Gasteiger partial charge in [-0.1, -0.05) is 0 Å². The molecule has 0 amide bonds. The Morgan fingerprint density at radius 2 is 1.22 bits per heavy atom. The minimum Gasteiger partial charge on any atom is -0.497 e. The number of aromatic nitrogens is 2. The Balaban J connectivity index is 1.73. The fourth-order valence-electron chi connectivity index (χ4n) is 3.08. The van der Waals surface area contributed by atoms with Gasteiger partial charge < -0.3 is 19.4 Å². The summed E-state index contributed by atoms with van der Waals surface area (Å²) in [6.45, 7) is 0. The van der Waals surface area contributed by atoms with Crippen LogP contribution in [0.4, 0.5) is 0 Å². The van der Waals surface area contributed by atoms with Crippen LogP contribution in [0.15, 0.2) is 48.8 Å². The van der Waals surface area contributed by atoms with E-state index in [2.05, 4.69) is 34.5 Å². The van der Waals surface area contributed by atoms with Crippen LogP contribution in [0.2, 0.25) is 0 Å². The highest BCUT2D eigenvalue weighted by molar-refractivity contribution is 5.88. The highest BCUT2D eigenvalue weighted by atomic mass is 16.5. The highest BCUT2D eigenvalue weighted by Gasteiger charge is 2.10. The van der Waals surface area contributed by atoms with Crippen molar-refractivity contribution in [2.24, 2.45) is 0 Å². The highest BCUT2D eigenvalue weighted by Crippen LogP contribution is 2.28. The number of aromatic amines is 2. The zero-order valence-electron chi connectivity index (χ0n) is 13.1. The molecular weight excluding hydrogens is 288 g/mol. The van der Waals surface area contributed by atoms with Gasteiger partial charge in [-0.25, -0.2) is 0 Å². The number of nitrogens with one attached hydrogen (secondary N) is 2. The van der Waals surface area contributed by atoms with E-state index in [1.54, 1.807) is 14.2 Å². The molecule has 0 aliphatic carbocycles. The van der Waals surface area contributed by atoms with Crippen molar-refractivity contribution in [1.82, 2.24) is 9.97 Å². The maximum Gasteiger partial charge on any atom is 0.120 e. The van der Waals surface area contributed by atoms with Gasteiger partial charge in [-0.05, 0) is 35.4 Å². The van der Waals surface area contributed by atoms with E-state index in [1.807, 2.05) is 24.3 Å². The maximum atomic E-state index is 5.28. The second-order valence-corrected chi connectivity index (χ2v) is 5.63. The topological polar surface area (TPSA) is 50.0 Å². The third-order valence-electron chi connectivity index (χ3n) is 4.33. The molecule has 4 heteroatoms. The van der Waals surface area contributed by atoms with Crippen molar-refractivity contribution < 1.29 is 9.47 Å². The zero-order chi connectivity index (χ0) is 15.8. The van der Waals surface area contributed by atoms with E-state index < -0.39 is 0 Å². The lowest BCUT2D eigenvalue weighted by molar-refractivity contribution is 0.415. The minimum atomic E-state index is 0.866. The Kier molecular flexibility index (Phi) is 3.23. The van der Waals surface area contributed by atoms with Crippen molar-refractivity contribution in [2.75, 3.05) is 14.2 Å². The third-order valence-corrected chi connectivity index (χ3v) is 4.33. The summed E-state index contributed by atoms with van der Waals surface area (Å²) >= 11 is 0. The normalized spacial score (nSPS) is 11.2. The average Bonchev–Trinajstić information content (AvgIpc) is 3.18. The molecule has 0 aliphatic rings. The summed E-state index contributed by atoms with van der Waals surface area (Å²) in [5, 5.41) is 2.46. The van der Waals surface area contributed by atoms with Gasteiger partial charge in [-0.15, -0.1) is 0 Å². The molecule has 4 rings (SSSR count). The largest absolute Gasteiger partial charge is 0.497 e. The number of fused-ring (bicyclic) bond motifs is 2. The van der Waals surface area contributed by atoms with Gasteiger partial charge in [-0.3, -0.25) is 0 Å². The van der Waals surface area contributed by atoms with Crippen LogP contribution in [-0.4, -0.2) is 24.2 Å². The molecule has 2 heterocycles. The fraction of sp³-hybridized carbons (Fsp3) is 0.158. The molecule has 116 valence electrons. The lowest BCUT2D eigenvalue weighted by Gasteiger charge is -2.02. The summed E-state index contributed by atoms with van der Waals surface area (Å²) in [5.74, 6) is 1.73. The summed E-state index contributed by atoms with van der Waals surface area (Å²) in [6, 6.07) is 12.3. The molecule has 0 saturated carbocycles. The molecule has 0 radical (unpaired) electrons. The van der Waals surface area contributed by atoms with Gasteiger partial charge in [-0.2, -0.15) is 0 Å². The SMILES string of the molecule is COc1ccc2c(Cc3c[nH]c4cc(OC)ccc34)c[nH]c2c1. The van der Waals surface area contributed by atoms with Crippen LogP contribution < -0.4 is 9.47 Å². The number of methoxy groups -OCH3 is 2. The molecule has 0 bridgehead atoms. The van der Waals surface area contributed by atoms with Crippen LogP contribution >= 0.6 is 0 Å². The molecule has 0 unspecified atom stereocenters. The lowest BCUT2D eigenvalue weighted by Crippen LogP contribution is -1.86. The molecule has 2 aromatic heterocycles. The van der Waals surface area contributed by atoms with Gasteiger partial charge in [0.2, 0.25) is 0 Å². The standard InChI is InChI=1S/C19H18N2O2/c1-22-14-3-5-16-12(10-20-18(16)8-14)7-13-11-21-19-9-15(23-2)4-6-17(13)19/h3-6,8-11,20-21H,7H2,1-2H3. The Morgan fingerprint density at radius 3 is 1.65 bits per heavy atom. The van der Waals surface area contributed by atoms with Gasteiger partial charge in [0.05, 0.1) is 14.2 Å². The van der Waals surface area contributed by atoms with Crippen LogP contribution in [-0.2, 0) is 6.42 Å². The predicted molar refractivity (Wildman–Crippen MR) is 92.5 cm³/mol. The van der Waals surface area contributed by atoms with E-state index in [1.165, 1.54) is 21.9 Å². The van der Waals surface area contributed by atoms with Crippen LogP contribution in [0.1, 0.15) is 11.1 Å². The van der Waals surface area contributed by atoms with Crippen LogP contribution in [0.25, 0.3) is 21.8 Å². The summed E-state index contributed by atoms with van der Waals surface area (Å²) in [6.07, 6.45) is 5.03. The second-order valence-electron chi connectivity index (χ2n) is 5.63. The van der Waals surface area contributed by atoms with Crippen molar-refractivity contribution >= 4 is 21.8 Å². The van der Waals surface area contributed by atoms with E-state index >= 15 is 0 Å². The summed E-state index contributed by atoms with van der Waals surface area (Å²) in [4.78, 5) is 6.66. The van der Waals surface area contributed by atoms with Crippen LogP contribution in [0, 0.1) is 0 Å². The minimum absolute atomic E-state index is 0.866. The van der Waals surface area contributed by atoms with E-state index in [-0.39, 0.29) is 0 Å². The van der Waals surface area contributed by atoms with Gasteiger partial charge in [0.1, 0.15) is 11.5 Å². The summed E-state index contributed by atoms with van der Waals surface area (Å²) in [5.41, 5.74) is 4.75. The van der Waals surface area contributed by atoms with E-state index in [0.29, 0.717) is 0 Å². The second kappa shape index (κ2) is 5.39. The first-order valence-electron chi connectivity index (χ1n) is 7.56. The Labute approximate surface area is 134 Å². The van der Waals surface area contributed by atoms with E-state index in [0.717, 1.165) is 29.0 Å². The molecule has 4 aromatic rings. The first-order valence-corrected chi connectivity index (χ1v) is 7.56. The number of H-pyrrole nitrogens is 2. The third kappa shape index (κ3) is 2.32. The molecule has 0 atom stereocenters. The Bertz CT molecular complexity index is 902. The molecule has 4 nitrogen and oxygen atoms in total. The smallest absolute Gasteiger partial charge is 0.120 e. The molecular formula is C19H18N2O2. The summed E-state index contributed by atoms with van der Waals surface area (Å²) in [7, 11) is 3.37. The van der Waals surface area contributed by atoms with Gasteiger partial charge in [0.25, 0.3) is 0 Å². The molecule has 2 N–H and O–H groups in total. The van der Waals surface area contributed by atoms with Crippen molar-refractivity contribution in [1.29, 1.82) is 0 Å². The Morgan fingerprint density at radius 1 is 0.739 bits per heavy atom. The average molecular weight is 306 g/mol. The van der Waals surface area contributed by atoms with E-state index in [4.69, 9.17) is 9.47 Å². The number of hydrogen-bond acceptors (Lipinski definition) is 2. The molecule has 2 aromatic carbocycles. The number of hydrogen-bond donors (Lipinski definition) is 2. The Hall–Kier alpha value is -2.88. The van der Waals surface area contributed by atoms with Gasteiger partial charge in [0, 0.05) is 52.8 Å². The van der Waals surface area contributed by atoms with Crippen molar-refractivity contribution in [3.63, 3.8) is 0 Å². The maximum absolute atomic E-state index is 5.28. The molecule has 0 spiro atoms. The number of benzene rings is 2. The first kappa shape index (κ1) is 13.8. The molecule has 0 aliphatic heterocycles. The van der Waals surface area contributed by atoms with Crippen LogP contribution in [0.5, 0.6) is 11.5 Å². The molecule has 0 fully saturated rings. The predicted octanol–water partition coefficient (Wildman–Crippen LogP) is 4.26. The quantitative estimate of drug-likeness (QED) is 0.592. The number of rotatable bonds is 4. The van der Waals surface area contributed by atoms with Crippen molar-refractivity contribution in [2.45, 2.75) is 6.42 Å². The van der Waals surface area contributed by atoms with Crippen LogP contribution in [0.3, 0.4) is 0 Å². The fourth-order valence-corrected chi connectivity index (χ4v) is 3.08. The van der Waals surface area contributed by atoms with Gasteiger partial charge in [0.15, 0.2) is 0 Å². The van der Waals surface area contributed by atoms with Crippen molar-refractivity contribution in [3.8, 4) is 11.5 Å². The zero-order valence-corrected chi connectivity index (χ0v) is 13.1. The monoisotopic (exact) mass is 306 g/mol. The molecule has 23 heavy (non-hydrogen) atoms. The summed E-state index contributed by atoms with van der Waals surface area (Å²) < 4.78 is 10.6. The number of ether oxygens (including phenoxy) is 2. The van der Waals surface area contributed by atoms with Crippen molar-refractivity contribution in [3.05, 3.63) is 59.9 Å². The van der Waals surface area contributed by atoms with Gasteiger partial charge >= 0.3 is 0 Å². The lowest BCUT2D eigenvalue weighted by atomic mass is 10.0.